The molecule has 0 heterocycles. The van der Waals surface area contributed by atoms with Crippen LogP contribution in [0.5, 0.6) is 11.5 Å². The van der Waals surface area contributed by atoms with E-state index in [1.54, 1.807) is 6.92 Å². The zero-order chi connectivity index (χ0) is 28.2. The molecule has 2 aliphatic rings. The smallest absolute Gasteiger partial charge is 0.201 e. The van der Waals surface area contributed by atoms with Crippen LogP contribution in [0.3, 0.4) is 0 Å². The first-order chi connectivity index (χ1) is 19.4. The molecule has 0 amide bonds. The fourth-order valence-electron chi connectivity index (χ4n) is 6.75. The molecule has 2 nitrogen and oxygen atoms in total. The van der Waals surface area contributed by atoms with Gasteiger partial charge in [0.15, 0.2) is 23.1 Å². The van der Waals surface area contributed by atoms with Crippen LogP contribution in [-0.2, 0) is 6.42 Å². The normalized spacial score (nSPS) is 22.6. The summed E-state index contributed by atoms with van der Waals surface area (Å²) in [5.74, 6) is -3.19. The van der Waals surface area contributed by atoms with E-state index in [0.717, 1.165) is 32.1 Å². The summed E-state index contributed by atoms with van der Waals surface area (Å²) in [5.41, 5.74) is 2.14. The molecule has 0 bridgehead atoms. The van der Waals surface area contributed by atoms with E-state index in [2.05, 4.69) is 31.2 Å². The third-order valence-electron chi connectivity index (χ3n) is 8.87. The maximum Gasteiger partial charge on any atom is 0.201 e. The minimum atomic E-state index is -1.28. The second-order valence-electron chi connectivity index (χ2n) is 11.4. The molecule has 0 aromatic heterocycles. The Bertz CT molecular complexity index is 1310. The van der Waals surface area contributed by atoms with Crippen LogP contribution in [0, 0.1) is 41.0 Å². The van der Waals surface area contributed by atoms with E-state index in [1.165, 1.54) is 54.7 Å². The Morgan fingerprint density at radius 2 is 1.25 bits per heavy atom. The number of benzene rings is 3. The maximum atomic E-state index is 15.0. The minimum Gasteiger partial charge on any atom is -0.491 e. The van der Waals surface area contributed by atoms with Gasteiger partial charge in [-0.1, -0.05) is 37.6 Å². The highest BCUT2D eigenvalue weighted by Crippen LogP contribution is 2.48. The van der Waals surface area contributed by atoms with E-state index in [-0.39, 0.29) is 35.2 Å². The molecular weight excluding hydrogens is 516 g/mol. The summed E-state index contributed by atoms with van der Waals surface area (Å²) in [4.78, 5) is 0. The van der Waals surface area contributed by atoms with Gasteiger partial charge in [0.2, 0.25) is 11.6 Å². The van der Waals surface area contributed by atoms with Crippen molar-refractivity contribution >= 4 is 0 Å². The third kappa shape index (κ3) is 6.01. The van der Waals surface area contributed by atoms with Crippen molar-refractivity contribution < 1.29 is 27.0 Å². The summed E-state index contributed by atoms with van der Waals surface area (Å²) >= 11 is 0. The molecule has 0 aliphatic heterocycles. The van der Waals surface area contributed by atoms with Gasteiger partial charge in [-0.15, -0.1) is 0 Å². The maximum absolute atomic E-state index is 15.0. The van der Waals surface area contributed by atoms with Crippen LogP contribution in [0.1, 0.15) is 75.8 Å². The number of hydrogen-bond acceptors (Lipinski definition) is 2. The Morgan fingerprint density at radius 3 is 1.88 bits per heavy atom. The van der Waals surface area contributed by atoms with Crippen LogP contribution in [0.25, 0.3) is 11.1 Å². The second-order valence-corrected chi connectivity index (χ2v) is 11.4. The highest BCUT2D eigenvalue weighted by molar-refractivity contribution is 5.67. The van der Waals surface area contributed by atoms with Crippen molar-refractivity contribution in [3.63, 3.8) is 0 Å². The van der Waals surface area contributed by atoms with Crippen LogP contribution in [0.4, 0.5) is 17.6 Å². The van der Waals surface area contributed by atoms with Gasteiger partial charge in [-0.25, -0.2) is 8.78 Å². The van der Waals surface area contributed by atoms with Gasteiger partial charge in [0.1, 0.15) is 0 Å². The predicted octanol–water partition coefficient (Wildman–Crippen LogP) is 9.64. The van der Waals surface area contributed by atoms with Crippen molar-refractivity contribution in [2.24, 2.45) is 17.8 Å². The zero-order valence-electron chi connectivity index (χ0n) is 23.3. The van der Waals surface area contributed by atoms with Gasteiger partial charge in [-0.05, 0) is 111 Å². The van der Waals surface area contributed by atoms with Crippen LogP contribution in [0.2, 0.25) is 0 Å². The van der Waals surface area contributed by atoms with Crippen molar-refractivity contribution in [1.82, 2.24) is 0 Å². The topological polar surface area (TPSA) is 18.5 Å². The van der Waals surface area contributed by atoms with Gasteiger partial charge in [-0.3, -0.25) is 0 Å². The lowest BCUT2D eigenvalue weighted by Crippen LogP contribution is -2.32. The molecule has 3 aromatic rings. The Hall–Kier alpha value is -3.02. The molecular formula is C34H38F4O2. The monoisotopic (exact) mass is 554 g/mol. The lowest BCUT2D eigenvalue weighted by Gasteiger charge is -2.42. The molecule has 6 heteroatoms. The van der Waals surface area contributed by atoms with Gasteiger partial charge < -0.3 is 9.47 Å². The average Bonchev–Trinajstić information content (AvgIpc) is 2.97. The largest absolute Gasteiger partial charge is 0.491 e. The lowest BCUT2D eigenvalue weighted by atomic mass is 9.64. The van der Waals surface area contributed by atoms with E-state index in [0.29, 0.717) is 24.4 Å². The highest BCUT2D eigenvalue weighted by Gasteiger charge is 2.36. The van der Waals surface area contributed by atoms with E-state index in [9.17, 15) is 17.6 Å². The molecule has 0 N–H and O–H groups in total. The molecule has 0 saturated heterocycles. The van der Waals surface area contributed by atoms with Crippen molar-refractivity contribution in [2.75, 3.05) is 13.2 Å². The molecule has 0 radical (unpaired) electrons. The van der Waals surface area contributed by atoms with E-state index >= 15 is 0 Å². The minimum absolute atomic E-state index is 0.154. The van der Waals surface area contributed by atoms with Crippen LogP contribution >= 0.6 is 0 Å². The summed E-state index contributed by atoms with van der Waals surface area (Å²) in [7, 11) is 0. The van der Waals surface area contributed by atoms with Crippen molar-refractivity contribution in [3.8, 4) is 22.6 Å². The van der Waals surface area contributed by atoms with E-state index < -0.39 is 23.3 Å². The molecule has 2 aliphatic carbocycles. The van der Waals surface area contributed by atoms with E-state index in [1.807, 2.05) is 0 Å². The van der Waals surface area contributed by atoms with Crippen molar-refractivity contribution in [3.05, 3.63) is 82.9 Å². The van der Waals surface area contributed by atoms with Gasteiger partial charge in [0.05, 0.1) is 13.2 Å². The number of rotatable bonds is 9. The predicted molar refractivity (Wildman–Crippen MR) is 150 cm³/mol. The number of hydrogen-bond donors (Lipinski definition) is 0. The van der Waals surface area contributed by atoms with E-state index in [4.69, 9.17) is 9.47 Å². The quantitative estimate of drug-likeness (QED) is 0.245. The Morgan fingerprint density at radius 1 is 0.650 bits per heavy atom. The summed E-state index contributed by atoms with van der Waals surface area (Å²) in [6.07, 6.45) is 9.04. The molecule has 40 heavy (non-hydrogen) atoms. The van der Waals surface area contributed by atoms with Crippen LogP contribution in [0.15, 0.2) is 48.5 Å². The number of halogens is 4. The number of fused-ring (bicyclic) bond motifs is 1. The fraction of sp³-hybridized carbons (Fsp3) is 0.471. The molecule has 214 valence electrons. The van der Waals surface area contributed by atoms with Gasteiger partial charge in [0.25, 0.3) is 0 Å². The first-order valence-corrected chi connectivity index (χ1v) is 14.7. The standard InChI is InChI=1S/C34H38F4O2/c1-3-5-21-6-9-23(10-7-21)25-13-12-24-18-22(8-11-26(24)19-25)20-40-30-17-15-28(32(36)34(30)38)27-14-16-29(39-4-2)33(37)31(27)35/h6-7,9-10,14-17,22,24-26H,3-5,8,11-13,18-20H2,1-2H3. The van der Waals surface area contributed by atoms with Gasteiger partial charge in [-0.2, -0.15) is 8.78 Å². The fourth-order valence-corrected chi connectivity index (χ4v) is 6.75. The SMILES string of the molecule is CCCc1ccc(C2CCC3CC(COc4ccc(-c5ccc(OCC)c(F)c5F)c(F)c4F)CCC3C2)cc1. The van der Waals surface area contributed by atoms with Crippen molar-refractivity contribution in [1.29, 1.82) is 0 Å². The van der Waals surface area contributed by atoms with Gasteiger partial charge >= 0.3 is 0 Å². The zero-order valence-corrected chi connectivity index (χ0v) is 23.3. The second kappa shape index (κ2) is 12.7. The van der Waals surface area contributed by atoms with Crippen molar-refractivity contribution in [2.45, 2.75) is 71.1 Å². The first kappa shape index (κ1) is 28.5. The Labute approximate surface area is 234 Å². The van der Waals surface area contributed by atoms with Gasteiger partial charge in [0, 0.05) is 11.1 Å². The summed E-state index contributed by atoms with van der Waals surface area (Å²) in [6, 6.07) is 14.1. The Kier molecular flexibility index (Phi) is 9.02. The molecule has 5 rings (SSSR count). The van der Waals surface area contributed by atoms with Crippen LogP contribution in [-0.4, -0.2) is 13.2 Å². The summed E-state index contributed by atoms with van der Waals surface area (Å²) < 4.78 is 69.6. The molecule has 4 unspecified atom stereocenters. The lowest BCUT2D eigenvalue weighted by molar-refractivity contribution is 0.0902. The molecule has 4 atom stereocenters. The summed E-state index contributed by atoms with van der Waals surface area (Å²) in [5, 5.41) is 0. The molecule has 2 fully saturated rings. The average molecular weight is 555 g/mol. The first-order valence-electron chi connectivity index (χ1n) is 14.7. The summed E-state index contributed by atoms with van der Waals surface area (Å²) in [6.45, 7) is 4.31. The molecule has 3 aromatic carbocycles. The number of aryl methyl sites for hydroxylation is 1. The highest BCUT2D eigenvalue weighted by atomic mass is 19.2. The molecule has 0 spiro atoms. The Balaban J connectivity index is 1.18. The van der Waals surface area contributed by atoms with Crippen LogP contribution < -0.4 is 9.47 Å². The number of ether oxygens (including phenoxy) is 2. The third-order valence-corrected chi connectivity index (χ3v) is 8.87. The molecule has 2 saturated carbocycles.